The van der Waals surface area contributed by atoms with Crippen molar-refractivity contribution in [1.29, 1.82) is 0 Å². The molecule has 2 atom stereocenters. The molecular weight excluding hydrogens is 254 g/mol. The summed E-state index contributed by atoms with van der Waals surface area (Å²) in [5.41, 5.74) is 0. The normalized spacial score (nSPS) is 31.3. The number of amides is 1. The predicted octanol–water partition coefficient (Wildman–Crippen LogP) is 2.71. The summed E-state index contributed by atoms with van der Waals surface area (Å²) < 4.78 is 0. The van der Waals surface area contributed by atoms with E-state index in [9.17, 15) is 4.79 Å². The third-order valence-electron chi connectivity index (χ3n) is 3.75. The van der Waals surface area contributed by atoms with Gasteiger partial charge in [-0.1, -0.05) is 28.8 Å². The Hall–Kier alpha value is -0.0500. The van der Waals surface area contributed by atoms with Gasteiger partial charge in [0.15, 0.2) is 0 Å². The van der Waals surface area contributed by atoms with Crippen molar-refractivity contribution in [3.63, 3.8) is 0 Å². The zero-order valence-electron chi connectivity index (χ0n) is 9.18. The predicted molar refractivity (Wildman–Crippen MR) is 65.0 cm³/mol. The smallest absolute Gasteiger partial charge is 0.223 e. The molecule has 86 valence electrons. The minimum absolute atomic E-state index is 0.300. The second kappa shape index (κ2) is 5.33. The summed E-state index contributed by atoms with van der Waals surface area (Å²) in [6.45, 7) is 0.908. The van der Waals surface area contributed by atoms with Gasteiger partial charge in [0.05, 0.1) is 0 Å². The molecule has 15 heavy (non-hydrogen) atoms. The fourth-order valence-corrected chi connectivity index (χ4v) is 3.33. The Morgan fingerprint density at radius 1 is 1.13 bits per heavy atom. The lowest BCUT2D eigenvalue weighted by Crippen LogP contribution is -2.35. The van der Waals surface area contributed by atoms with Gasteiger partial charge in [0.25, 0.3) is 0 Å². The molecule has 1 N–H and O–H groups in total. The quantitative estimate of drug-likeness (QED) is 0.785. The molecule has 0 aliphatic heterocycles. The molecule has 2 aliphatic rings. The fourth-order valence-electron chi connectivity index (χ4n) is 2.48. The molecule has 0 spiro atoms. The van der Waals surface area contributed by atoms with Crippen molar-refractivity contribution in [2.45, 2.75) is 38.5 Å². The van der Waals surface area contributed by atoms with E-state index in [1.807, 2.05) is 0 Å². The highest BCUT2D eigenvalue weighted by Crippen LogP contribution is 2.32. The van der Waals surface area contributed by atoms with E-state index in [-0.39, 0.29) is 0 Å². The Morgan fingerprint density at radius 3 is 2.40 bits per heavy atom. The summed E-state index contributed by atoms with van der Waals surface area (Å²) >= 11 is 3.59. The number of halogens is 1. The number of rotatable bonds is 4. The second-order valence-corrected chi connectivity index (χ2v) is 5.63. The third kappa shape index (κ3) is 3.20. The van der Waals surface area contributed by atoms with E-state index < -0.39 is 0 Å². The van der Waals surface area contributed by atoms with Crippen LogP contribution in [-0.4, -0.2) is 17.8 Å². The maximum absolute atomic E-state index is 11.5. The highest BCUT2D eigenvalue weighted by atomic mass is 79.9. The highest BCUT2D eigenvalue weighted by Gasteiger charge is 2.31. The molecule has 0 aromatic rings. The first-order chi connectivity index (χ1) is 7.31. The molecule has 0 saturated heterocycles. The van der Waals surface area contributed by atoms with Crippen molar-refractivity contribution in [2.24, 2.45) is 17.8 Å². The summed E-state index contributed by atoms with van der Waals surface area (Å²) in [7, 11) is 0. The molecular formula is C12H20BrNO. The summed E-state index contributed by atoms with van der Waals surface area (Å²) in [5, 5.41) is 4.21. The van der Waals surface area contributed by atoms with E-state index in [0.717, 1.165) is 30.6 Å². The monoisotopic (exact) mass is 273 g/mol. The highest BCUT2D eigenvalue weighted by molar-refractivity contribution is 9.09. The molecule has 3 heteroatoms. The number of carbonyl (C=O) groups excluding carboxylic acids is 1. The Labute approximate surface area is 100 Å². The first-order valence-corrected chi connectivity index (χ1v) is 7.27. The average molecular weight is 274 g/mol. The van der Waals surface area contributed by atoms with Crippen molar-refractivity contribution in [1.82, 2.24) is 5.32 Å². The van der Waals surface area contributed by atoms with Crippen molar-refractivity contribution in [3.8, 4) is 0 Å². The second-order valence-electron chi connectivity index (χ2n) is 4.98. The molecule has 2 rings (SSSR count). The van der Waals surface area contributed by atoms with E-state index in [0.29, 0.717) is 17.7 Å². The lowest BCUT2D eigenvalue weighted by molar-refractivity contribution is -0.122. The molecule has 2 unspecified atom stereocenters. The van der Waals surface area contributed by atoms with Crippen LogP contribution in [0.2, 0.25) is 0 Å². The minimum Gasteiger partial charge on any atom is -0.356 e. The van der Waals surface area contributed by atoms with Crippen LogP contribution >= 0.6 is 15.9 Å². The lowest BCUT2D eigenvalue weighted by atomic mass is 9.80. The van der Waals surface area contributed by atoms with Gasteiger partial charge < -0.3 is 5.32 Å². The first kappa shape index (κ1) is 11.4. The summed E-state index contributed by atoms with van der Waals surface area (Å²) in [6, 6.07) is 0. The van der Waals surface area contributed by atoms with Crippen LogP contribution in [0.15, 0.2) is 0 Å². The topological polar surface area (TPSA) is 29.1 Å². The van der Waals surface area contributed by atoms with Gasteiger partial charge in [0, 0.05) is 17.8 Å². The molecule has 0 radical (unpaired) electrons. The van der Waals surface area contributed by atoms with Crippen LogP contribution in [0.5, 0.6) is 0 Å². The van der Waals surface area contributed by atoms with Crippen LogP contribution in [0.25, 0.3) is 0 Å². The summed E-state index contributed by atoms with van der Waals surface area (Å²) in [5.74, 6) is 2.14. The Bertz CT molecular complexity index is 228. The SMILES string of the molecule is O=C(NCC1CCCCC1CBr)C1CC1. The minimum atomic E-state index is 0.300. The van der Waals surface area contributed by atoms with Gasteiger partial charge >= 0.3 is 0 Å². The molecule has 0 aromatic carbocycles. The van der Waals surface area contributed by atoms with Crippen LogP contribution in [0.1, 0.15) is 38.5 Å². The van der Waals surface area contributed by atoms with Crippen molar-refractivity contribution in [3.05, 3.63) is 0 Å². The van der Waals surface area contributed by atoms with Crippen LogP contribution < -0.4 is 5.32 Å². The van der Waals surface area contributed by atoms with Crippen LogP contribution in [0.4, 0.5) is 0 Å². The van der Waals surface area contributed by atoms with E-state index in [2.05, 4.69) is 21.2 Å². The Morgan fingerprint density at radius 2 is 1.80 bits per heavy atom. The van der Waals surface area contributed by atoms with Crippen molar-refractivity contribution in [2.75, 3.05) is 11.9 Å². The standard InChI is InChI=1S/C12H20BrNO/c13-7-10-3-1-2-4-11(10)8-14-12(15)9-5-6-9/h9-11H,1-8H2,(H,14,15). The van der Waals surface area contributed by atoms with Crippen LogP contribution in [0.3, 0.4) is 0 Å². The van der Waals surface area contributed by atoms with Crippen LogP contribution in [-0.2, 0) is 4.79 Å². The largest absolute Gasteiger partial charge is 0.356 e. The zero-order valence-corrected chi connectivity index (χ0v) is 10.8. The molecule has 2 aliphatic carbocycles. The van der Waals surface area contributed by atoms with Gasteiger partial charge in [-0.2, -0.15) is 0 Å². The van der Waals surface area contributed by atoms with Gasteiger partial charge in [-0.25, -0.2) is 0 Å². The Kier molecular flexibility index (Phi) is 4.06. The number of nitrogens with one attached hydrogen (secondary N) is 1. The summed E-state index contributed by atoms with van der Waals surface area (Å²) in [6.07, 6.45) is 7.55. The maximum Gasteiger partial charge on any atom is 0.223 e. The molecule has 2 saturated carbocycles. The van der Waals surface area contributed by atoms with Gasteiger partial charge in [0.2, 0.25) is 5.91 Å². The number of hydrogen-bond donors (Lipinski definition) is 1. The molecule has 1 amide bonds. The van der Waals surface area contributed by atoms with Gasteiger partial charge in [-0.3, -0.25) is 4.79 Å². The van der Waals surface area contributed by atoms with E-state index in [1.165, 1.54) is 25.7 Å². The summed E-state index contributed by atoms with van der Waals surface area (Å²) in [4.78, 5) is 11.5. The average Bonchev–Trinajstić information content (AvgIpc) is 3.10. The van der Waals surface area contributed by atoms with E-state index in [1.54, 1.807) is 0 Å². The number of alkyl halides is 1. The number of carbonyl (C=O) groups is 1. The molecule has 0 aromatic heterocycles. The van der Waals surface area contributed by atoms with E-state index >= 15 is 0 Å². The zero-order chi connectivity index (χ0) is 10.7. The fraction of sp³-hybridized carbons (Fsp3) is 0.917. The van der Waals surface area contributed by atoms with Crippen molar-refractivity contribution >= 4 is 21.8 Å². The van der Waals surface area contributed by atoms with Crippen molar-refractivity contribution < 1.29 is 4.79 Å². The number of hydrogen-bond acceptors (Lipinski definition) is 1. The maximum atomic E-state index is 11.5. The van der Waals surface area contributed by atoms with Gasteiger partial charge in [0.1, 0.15) is 0 Å². The molecule has 2 fully saturated rings. The molecule has 2 nitrogen and oxygen atoms in total. The van der Waals surface area contributed by atoms with Crippen LogP contribution in [0, 0.1) is 17.8 Å². The third-order valence-corrected chi connectivity index (χ3v) is 4.58. The molecule has 0 heterocycles. The lowest BCUT2D eigenvalue weighted by Gasteiger charge is -2.30. The van der Waals surface area contributed by atoms with Gasteiger partial charge in [-0.15, -0.1) is 0 Å². The first-order valence-electron chi connectivity index (χ1n) is 6.15. The van der Waals surface area contributed by atoms with E-state index in [4.69, 9.17) is 0 Å². The van der Waals surface area contributed by atoms with Gasteiger partial charge in [-0.05, 0) is 37.5 Å². The Balaban J connectivity index is 1.73. The molecule has 0 bridgehead atoms.